The first-order valence-electron chi connectivity index (χ1n) is 1.95. The van der Waals surface area contributed by atoms with Crippen molar-refractivity contribution in [1.82, 2.24) is 0 Å². The van der Waals surface area contributed by atoms with Crippen LogP contribution in [0.1, 0.15) is 6.92 Å². The van der Waals surface area contributed by atoms with Crippen LogP contribution >= 0.6 is 22.6 Å². The number of allylic oxidation sites excluding steroid dienone is 1. The van der Waals surface area contributed by atoms with Crippen LogP contribution in [0.4, 0.5) is 0 Å². The summed E-state index contributed by atoms with van der Waals surface area (Å²) in [4.78, 5) is 0. The molecule has 0 aromatic heterocycles. The molecule has 0 aliphatic carbocycles. The van der Waals surface area contributed by atoms with E-state index in [1.165, 1.54) is 11.7 Å². The van der Waals surface area contributed by atoms with Gasteiger partial charge in [0.1, 0.15) is 0 Å². The molecule has 0 saturated heterocycles. The Balaban J connectivity index is 4.36. The fraction of sp³-hybridized carbons (Fsp3) is 0.500. The van der Waals surface area contributed by atoms with Crippen molar-refractivity contribution in [3.63, 3.8) is 0 Å². The zero-order valence-electron chi connectivity index (χ0n) is 4.68. The van der Waals surface area contributed by atoms with E-state index in [9.17, 15) is 8.42 Å². The molecule has 0 radical (unpaired) electrons. The van der Waals surface area contributed by atoms with Gasteiger partial charge in [0.2, 0.25) is 0 Å². The van der Waals surface area contributed by atoms with Crippen molar-refractivity contribution in [3.05, 3.63) is 8.99 Å². The molecule has 2 nitrogen and oxygen atoms in total. The maximum atomic E-state index is 10.4. The second-order valence-electron chi connectivity index (χ2n) is 1.53. The highest BCUT2D eigenvalue weighted by molar-refractivity contribution is 14.1. The van der Waals surface area contributed by atoms with E-state index in [0.29, 0.717) is 0 Å². The predicted octanol–water partition coefficient (Wildman–Crippen LogP) is 1.33. The minimum atomic E-state index is -2.89. The minimum absolute atomic E-state index is 0.783. The van der Waals surface area contributed by atoms with Crippen LogP contribution in [-0.2, 0) is 9.84 Å². The van der Waals surface area contributed by atoms with Gasteiger partial charge >= 0.3 is 0 Å². The van der Waals surface area contributed by atoms with Gasteiger partial charge in [-0.25, -0.2) is 8.42 Å². The lowest BCUT2D eigenvalue weighted by molar-refractivity contribution is 0.610. The number of hydrogen-bond acceptors (Lipinski definition) is 2. The molecule has 0 heterocycles. The number of halogens is 1. The Labute approximate surface area is 63.0 Å². The maximum absolute atomic E-state index is 10.4. The summed E-state index contributed by atoms with van der Waals surface area (Å²) < 4.78 is 21.5. The highest BCUT2D eigenvalue weighted by Gasteiger charge is 1.92. The Morgan fingerprint density at radius 3 is 2.00 bits per heavy atom. The molecule has 48 valence electrons. The molecule has 0 atom stereocenters. The topological polar surface area (TPSA) is 34.1 Å². The molecule has 0 aliphatic rings. The second kappa shape index (κ2) is 2.82. The average molecular weight is 246 g/mol. The van der Waals surface area contributed by atoms with Gasteiger partial charge in [0.05, 0.1) is 0 Å². The predicted molar refractivity (Wildman–Crippen MR) is 42.6 cm³/mol. The number of rotatable bonds is 1. The van der Waals surface area contributed by atoms with Crippen LogP contribution in [0, 0.1) is 0 Å². The van der Waals surface area contributed by atoms with Crippen LogP contribution in [0.25, 0.3) is 0 Å². The molecule has 0 unspecified atom stereocenters. The van der Waals surface area contributed by atoms with Crippen molar-refractivity contribution in [1.29, 1.82) is 0 Å². The lowest BCUT2D eigenvalue weighted by Gasteiger charge is -1.83. The Morgan fingerprint density at radius 2 is 2.00 bits per heavy atom. The van der Waals surface area contributed by atoms with Crippen molar-refractivity contribution in [3.8, 4) is 0 Å². The van der Waals surface area contributed by atoms with Crippen LogP contribution in [0.15, 0.2) is 8.99 Å². The molecule has 0 bridgehead atoms. The third-order valence-corrected chi connectivity index (χ3v) is 1.89. The summed E-state index contributed by atoms with van der Waals surface area (Å²) in [6.07, 6.45) is 1.18. The van der Waals surface area contributed by atoms with Crippen molar-refractivity contribution < 1.29 is 8.42 Å². The van der Waals surface area contributed by atoms with E-state index in [4.69, 9.17) is 0 Å². The van der Waals surface area contributed by atoms with Crippen LogP contribution in [0.2, 0.25) is 0 Å². The van der Waals surface area contributed by atoms with Gasteiger partial charge in [-0.1, -0.05) is 0 Å². The summed E-state index contributed by atoms with van der Waals surface area (Å²) in [5, 5.41) is 1.23. The average Bonchev–Trinajstić information content (AvgIpc) is 1.21. The largest absolute Gasteiger partial charge is 0.225 e. The fourth-order valence-electron chi connectivity index (χ4n) is 0.295. The SMILES string of the molecule is CC(I)=CS(C)(=O)=O. The lowest BCUT2D eigenvalue weighted by atomic mass is 10.8. The normalized spacial score (nSPS) is 14.1. The maximum Gasteiger partial charge on any atom is 0.169 e. The molecular formula is C4H7IO2S. The molecule has 0 spiro atoms. The van der Waals surface area contributed by atoms with Crippen molar-refractivity contribution in [2.24, 2.45) is 0 Å². The van der Waals surface area contributed by atoms with Crippen molar-refractivity contribution >= 4 is 32.4 Å². The Hall–Kier alpha value is 0.420. The quantitative estimate of drug-likeness (QED) is 0.654. The summed E-state index contributed by atoms with van der Waals surface area (Å²) >= 11 is 1.95. The minimum Gasteiger partial charge on any atom is -0.225 e. The second-order valence-corrected chi connectivity index (χ2v) is 5.13. The van der Waals surface area contributed by atoms with Crippen LogP contribution in [-0.4, -0.2) is 14.7 Å². The van der Waals surface area contributed by atoms with Crippen molar-refractivity contribution in [2.75, 3.05) is 6.26 Å². The highest BCUT2D eigenvalue weighted by Crippen LogP contribution is 2.04. The van der Waals surface area contributed by atoms with Crippen LogP contribution in [0.5, 0.6) is 0 Å². The molecule has 0 aromatic carbocycles. The van der Waals surface area contributed by atoms with Gasteiger partial charge in [-0.3, -0.25) is 0 Å². The standard InChI is InChI=1S/C4H7IO2S/c1-4(5)3-8(2,6)7/h3H,1-2H3. The third-order valence-electron chi connectivity index (χ3n) is 0.376. The summed E-state index contributed by atoms with van der Waals surface area (Å²) in [7, 11) is -2.89. The monoisotopic (exact) mass is 246 g/mol. The highest BCUT2D eigenvalue weighted by atomic mass is 127. The van der Waals surface area contributed by atoms with Gasteiger partial charge in [0.15, 0.2) is 9.84 Å². The summed E-state index contributed by atoms with van der Waals surface area (Å²) in [5.41, 5.74) is 0. The van der Waals surface area contributed by atoms with E-state index in [-0.39, 0.29) is 0 Å². The first-order valence-corrected chi connectivity index (χ1v) is 4.99. The summed E-state index contributed by atoms with van der Waals surface area (Å²) in [5.74, 6) is 0. The van der Waals surface area contributed by atoms with Crippen LogP contribution in [0.3, 0.4) is 0 Å². The first-order chi connectivity index (χ1) is 3.42. The smallest absolute Gasteiger partial charge is 0.169 e. The number of sulfone groups is 1. The molecule has 0 amide bonds. The van der Waals surface area contributed by atoms with Crippen molar-refractivity contribution in [2.45, 2.75) is 6.92 Å². The van der Waals surface area contributed by atoms with E-state index in [0.717, 1.165) is 3.58 Å². The van der Waals surface area contributed by atoms with Gasteiger partial charge in [0, 0.05) is 11.7 Å². The number of hydrogen-bond donors (Lipinski definition) is 0. The molecule has 0 N–H and O–H groups in total. The zero-order chi connectivity index (χ0) is 6.78. The molecule has 0 rings (SSSR count). The molecule has 0 aromatic rings. The van der Waals surface area contributed by atoms with Gasteiger partial charge in [0.25, 0.3) is 0 Å². The summed E-state index contributed by atoms with van der Waals surface area (Å²) in [6.45, 7) is 1.74. The first kappa shape index (κ1) is 8.42. The van der Waals surface area contributed by atoms with E-state index in [2.05, 4.69) is 0 Å². The lowest BCUT2D eigenvalue weighted by Crippen LogP contribution is -1.87. The van der Waals surface area contributed by atoms with E-state index in [1.807, 2.05) is 22.6 Å². The van der Waals surface area contributed by atoms with Gasteiger partial charge in [-0.15, -0.1) is 0 Å². The van der Waals surface area contributed by atoms with E-state index >= 15 is 0 Å². The van der Waals surface area contributed by atoms with Crippen LogP contribution < -0.4 is 0 Å². The van der Waals surface area contributed by atoms with Gasteiger partial charge in [-0.05, 0) is 33.1 Å². The molecule has 0 saturated carbocycles. The zero-order valence-corrected chi connectivity index (χ0v) is 7.65. The van der Waals surface area contributed by atoms with Gasteiger partial charge in [-0.2, -0.15) is 0 Å². The summed E-state index contributed by atoms with van der Waals surface area (Å²) in [6, 6.07) is 0. The molecular weight excluding hydrogens is 239 g/mol. The molecule has 8 heavy (non-hydrogen) atoms. The Kier molecular flexibility index (Phi) is 2.96. The Morgan fingerprint density at radius 1 is 1.62 bits per heavy atom. The third kappa shape index (κ3) is 6.42. The molecule has 0 fully saturated rings. The molecule has 4 heteroatoms. The fourth-order valence-corrected chi connectivity index (χ4v) is 2.27. The Bertz CT molecular complexity index is 186. The van der Waals surface area contributed by atoms with Gasteiger partial charge < -0.3 is 0 Å². The van der Waals surface area contributed by atoms with E-state index < -0.39 is 9.84 Å². The van der Waals surface area contributed by atoms with E-state index in [1.54, 1.807) is 6.92 Å². The molecule has 0 aliphatic heterocycles.